The molecule has 0 N–H and O–H groups in total. The van der Waals surface area contributed by atoms with Gasteiger partial charge in [0.25, 0.3) is 5.91 Å². The van der Waals surface area contributed by atoms with Crippen molar-refractivity contribution >= 4 is 5.91 Å². The third-order valence-electron chi connectivity index (χ3n) is 6.64. The summed E-state index contributed by atoms with van der Waals surface area (Å²) in [5.41, 5.74) is 2.40. The lowest BCUT2D eigenvalue weighted by molar-refractivity contribution is 0.0755. The zero-order valence-corrected chi connectivity index (χ0v) is 18.0. The second-order valence-corrected chi connectivity index (χ2v) is 8.67. The molecule has 1 fully saturated rings. The van der Waals surface area contributed by atoms with E-state index in [0.717, 1.165) is 61.8 Å². The van der Waals surface area contributed by atoms with Crippen LogP contribution in [-0.2, 0) is 13.1 Å². The first-order chi connectivity index (χ1) is 15.8. The summed E-state index contributed by atoms with van der Waals surface area (Å²) in [7, 11) is 0. The summed E-state index contributed by atoms with van der Waals surface area (Å²) in [4.78, 5) is 17.0. The maximum Gasteiger partial charge on any atom is 0.289 e. The quantitative estimate of drug-likeness (QED) is 0.628. The van der Waals surface area contributed by atoms with Crippen LogP contribution in [0.3, 0.4) is 0 Å². The van der Waals surface area contributed by atoms with Gasteiger partial charge in [0, 0.05) is 38.1 Å². The van der Waals surface area contributed by atoms with Crippen LogP contribution in [0.15, 0.2) is 53.1 Å². The van der Waals surface area contributed by atoms with Crippen molar-refractivity contribution in [2.24, 2.45) is 0 Å². The zero-order chi connectivity index (χ0) is 21.5. The summed E-state index contributed by atoms with van der Waals surface area (Å²) in [6.45, 7) is 5.25. The average molecular weight is 434 g/mol. The van der Waals surface area contributed by atoms with Gasteiger partial charge in [-0.25, -0.2) is 0 Å². The normalized spacial score (nSPS) is 20.4. The van der Waals surface area contributed by atoms with Gasteiger partial charge in [0.15, 0.2) is 17.3 Å². The number of nitrogens with zero attached hydrogens (tertiary/aromatic N) is 3. The minimum absolute atomic E-state index is 0.00431. The fourth-order valence-electron chi connectivity index (χ4n) is 5.07. The molecule has 6 rings (SSSR count). The molecule has 1 atom stereocenters. The molecule has 32 heavy (non-hydrogen) atoms. The fourth-order valence-corrected chi connectivity index (χ4v) is 5.07. The summed E-state index contributed by atoms with van der Waals surface area (Å²) in [6, 6.07) is 14.3. The lowest BCUT2D eigenvalue weighted by Crippen LogP contribution is -2.37. The van der Waals surface area contributed by atoms with E-state index >= 15 is 0 Å². The molecule has 1 unspecified atom stereocenters. The maximum absolute atomic E-state index is 12.7. The molecule has 1 saturated heterocycles. The van der Waals surface area contributed by atoms with Gasteiger partial charge in [-0.2, -0.15) is 0 Å². The number of carbonyl (C=O) groups excluding carboxylic acids is 1. The molecule has 3 aromatic rings. The number of likely N-dealkylation sites (tertiary alicyclic amines) is 1. The van der Waals surface area contributed by atoms with E-state index in [2.05, 4.69) is 39.9 Å². The van der Waals surface area contributed by atoms with Crippen LogP contribution in [0.1, 0.15) is 46.5 Å². The van der Waals surface area contributed by atoms with Crippen molar-refractivity contribution in [1.82, 2.24) is 14.4 Å². The Hall–Kier alpha value is -3.19. The first kappa shape index (κ1) is 19.5. The van der Waals surface area contributed by atoms with Crippen molar-refractivity contribution in [2.45, 2.75) is 32.0 Å². The molecule has 0 bridgehead atoms. The third kappa shape index (κ3) is 3.46. The van der Waals surface area contributed by atoms with Crippen LogP contribution in [0.5, 0.6) is 11.5 Å². The topological polar surface area (TPSA) is 60.1 Å². The van der Waals surface area contributed by atoms with Crippen LogP contribution in [0.2, 0.25) is 0 Å². The minimum atomic E-state index is 0.00431. The molecule has 1 aromatic carbocycles. The number of aromatic nitrogens is 1. The number of hydrogen-bond donors (Lipinski definition) is 0. The maximum atomic E-state index is 12.7. The monoisotopic (exact) mass is 433 g/mol. The van der Waals surface area contributed by atoms with Crippen molar-refractivity contribution in [1.29, 1.82) is 0 Å². The molecule has 1 amide bonds. The molecule has 5 heterocycles. The summed E-state index contributed by atoms with van der Waals surface area (Å²) in [5, 5.41) is 0. The molecule has 0 radical (unpaired) electrons. The Morgan fingerprint density at radius 3 is 2.66 bits per heavy atom. The van der Waals surface area contributed by atoms with Crippen LogP contribution in [0.25, 0.3) is 0 Å². The number of fused-ring (bicyclic) bond motifs is 2. The fraction of sp³-hybridized carbons (Fsp3) is 0.400. The van der Waals surface area contributed by atoms with Crippen molar-refractivity contribution in [2.75, 3.05) is 32.8 Å². The summed E-state index contributed by atoms with van der Waals surface area (Å²) in [5.74, 6) is 2.86. The highest BCUT2D eigenvalue weighted by molar-refractivity contribution is 5.91. The molecule has 0 spiro atoms. The standard InChI is InChI=1S/C25H27N3O4/c29-25(27-9-1-2-10-27)22-8-6-19(32-22)17-28-13-12-26-11-3-4-20(26)24(28)18-5-7-21-23(16-18)31-15-14-30-21/h3-8,11,16,24H,1-2,9-10,12-15,17H2. The number of rotatable bonds is 4. The number of ether oxygens (including phenoxy) is 2. The van der Waals surface area contributed by atoms with Gasteiger partial charge in [0.2, 0.25) is 0 Å². The summed E-state index contributed by atoms with van der Waals surface area (Å²) < 4.78 is 19.9. The second-order valence-electron chi connectivity index (χ2n) is 8.67. The number of amides is 1. The Balaban J connectivity index is 1.28. The van der Waals surface area contributed by atoms with Crippen LogP contribution < -0.4 is 9.47 Å². The number of hydrogen-bond acceptors (Lipinski definition) is 5. The number of benzene rings is 1. The molecule has 166 valence electrons. The van der Waals surface area contributed by atoms with Gasteiger partial charge < -0.3 is 23.4 Å². The predicted octanol–water partition coefficient (Wildman–Crippen LogP) is 3.69. The van der Waals surface area contributed by atoms with Crippen LogP contribution >= 0.6 is 0 Å². The summed E-state index contributed by atoms with van der Waals surface area (Å²) in [6.07, 6.45) is 4.28. The molecule has 3 aliphatic rings. The van der Waals surface area contributed by atoms with Gasteiger partial charge in [-0.3, -0.25) is 9.69 Å². The molecule has 3 aliphatic heterocycles. The van der Waals surface area contributed by atoms with E-state index in [1.807, 2.05) is 23.1 Å². The SMILES string of the molecule is O=C(c1ccc(CN2CCn3cccc3C2c2ccc3c(c2)OCCO3)o1)N1CCCC1. The Kier molecular flexibility index (Phi) is 4.91. The van der Waals surface area contributed by atoms with Crippen LogP contribution in [0, 0.1) is 0 Å². The van der Waals surface area contributed by atoms with Crippen molar-refractivity contribution in [3.05, 3.63) is 71.4 Å². The molecule has 0 saturated carbocycles. The lowest BCUT2D eigenvalue weighted by Gasteiger charge is -2.37. The predicted molar refractivity (Wildman–Crippen MR) is 118 cm³/mol. The smallest absolute Gasteiger partial charge is 0.289 e. The third-order valence-corrected chi connectivity index (χ3v) is 6.64. The van der Waals surface area contributed by atoms with Gasteiger partial charge in [0.1, 0.15) is 19.0 Å². The first-order valence-corrected chi connectivity index (χ1v) is 11.4. The Labute approximate surface area is 187 Å². The van der Waals surface area contributed by atoms with E-state index in [4.69, 9.17) is 13.9 Å². The zero-order valence-electron chi connectivity index (χ0n) is 18.0. The van der Waals surface area contributed by atoms with E-state index in [1.165, 1.54) is 5.69 Å². The summed E-state index contributed by atoms with van der Waals surface area (Å²) >= 11 is 0. The molecular weight excluding hydrogens is 406 g/mol. The van der Waals surface area contributed by atoms with Gasteiger partial charge in [-0.15, -0.1) is 0 Å². The van der Waals surface area contributed by atoms with Crippen molar-refractivity contribution in [3.8, 4) is 11.5 Å². The molecule has 7 nitrogen and oxygen atoms in total. The van der Waals surface area contributed by atoms with Crippen molar-refractivity contribution in [3.63, 3.8) is 0 Å². The Morgan fingerprint density at radius 1 is 0.938 bits per heavy atom. The first-order valence-electron chi connectivity index (χ1n) is 11.4. The minimum Gasteiger partial charge on any atom is -0.486 e. The van der Waals surface area contributed by atoms with Gasteiger partial charge in [-0.05, 0) is 54.8 Å². The van der Waals surface area contributed by atoms with Gasteiger partial charge >= 0.3 is 0 Å². The van der Waals surface area contributed by atoms with E-state index in [0.29, 0.717) is 25.5 Å². The lowest BCUT2D eigenvalue weighted by atomic mass is 9.99. The average Bonchev–Trinajstić information content (AvgIpc) is 3.60. The van der Waals surface area contributed by atoms with E-state index in [-0.39, 0.29) is 11.9 Å². The van der Waals surface area contributed by atoms with Crippen molar-refractivity contribution < 1.29 is 18.7 Å². The number of carbonyl (C=O) groups is 1. The Bertz CT molecular complexity index is 1130. The van der Waals surface area contributed by atoms with E-state index in [1.54, 1.807) is 0 Å². The second kappa shape index (κ2) is 8.06. The molecule has 2 aromatic heterocycles. The van der Waals surface area contributed by atoms with Crippen LogP contribution in [-0.4, -0.2) is 53.1 Å². The van der Waals surface area contributed by atoms with Gasteiger partial charge in [0.05, 0.1) is 12.6 Å². The van der Waals surface area contributed by atoms with Gasteiger partial charge in [-0.1, -0.05) is 6.07 Å². The number of furan rings is 1. The van der Waals surface area contributed by atoms with Crippen LogP contribution in [0.4, 0.5) is 0 Å². The molecule has 7 heteroatoms. The highest BCUT2D eigenvalue weighted by atomic mass is 16.6. The molecular formula is C25H27N3O4. The van der Waals surface area contributed by atoms with E-state index < -0.39 is 0 Å². The van der Waals surface area contributed by atoms with E-state index in [9.17, 15) is 4.79 Å². The highest BCUT2D eigenvalue weighted by Crippen LogP contribution is 2.39. The molecule has 0 aliphatic carbocycles. The Morgan fingerprint density at radius 2 is 1.78 bits per heavy atom. The highest BCUT2D eigenvalue weighted by Gasteiger charge is 2.31. The largest absolute Gasteiger partial charge is 0.486 e.